The third-order valence-electron chi connectivity index (χ3n) is 0.368. The van der Waals surface area contributed by atoms with Crippen LogP contribution >= 0.6 is 8.03 Å². The predicted molar refractivity (Wildman–Crippen MR) is 26.8 cm³/mol. The Morgan fingerprint density at radius 2 is 2.14 bits per heavy atom. The molecule has 0 fully saturated rings. The van der Waals surface area contributed by atoms with E-state index in [2.05, 4.69) is 4.52 Å². The Balaban J connectivity index is 3.00. The fraction of sp³-hybridized carbons (Fsp3) is 1.00. The molecule has 0 radical (unpaired) electrons. The van der Waals surface area contributed by atoms with Crippen LogP contribution in [0.15, 0.2) is 0 Å². The van der Waals surface area contributed by atoms with Gasteiger partial charge in [-0.25, -0.2) is 0 Å². The van der Waals surface area contributed by atoms with Gasteiger partial charge in [0.05, 0.1) is 0 Å². The summed E-state index contributed by atoms with van der Waals surface area (Å²) in [7, 11) is -1.68. The normalized spacial score (nSPS) is 11.4. The predicted octanol–water partition coefficient (Wildman–Crippen LogP) is -0.422. The SMILES string of the molecule is NCO[P+](=O)CN. The van der Waals surface area contributed by atoms with Crippen molar-refractivity contribution >= 4 is 8.03 Å². The van der Waals surface area contributed by atoms with Gasteiger partial charge in [0, 0.05) is 0 Å². The zero-order chi connectivity index (χ0) is 5.70. The van der Waals surface area contributed by atoms with Gasteiger partial charge in [0.1, 0.15) is 0 Å². The molecule has 0 heterocycles. The molecule has 0 aromatic rings. The van der Waals surface area contributed by atoms with Gasteiger partial charge < -0.3 is 5.73 Å². The topological polar surface area (TPSA) is 78.3 Å². The minimum absolute atomic E-state index is 0.0214. The van der Waals surface area contributed by atoms with Crippen molar-refractivity contribution < 1.29 is 9.09 Å². The van der Waals surface area contributed by atoms with Gasteiger partial charge in [0.2, 0.25) is 6.29 Å². The molecular formula is C2H8N2O2P+. The molecule has 4 nitrogen and oxygen atoms in total. The lowest BCUT2D eigenvalue weighted by molar-refractivity contribution is 0.341. The molecule has 0 spiro atoms. The first kappa shape index (κ1) is 6.98. The summed E-state index contributed by atoms with van der Waals surface area (Å²) in [6.07, 6.45) is 0.0481. The standard InChI is InChI=1S/C2H8N2O2P/c3-1-6-7(5)2-4/h1-4H2/q+1. The van der Waals surface area contributed by atoms with Crippen molar-refractivity contribution in [2.75, 3.05) is 13.0 Å². The summed E-state index contributed by atoms with van der Waals surface area (Å²) in [5, 5.41) is 0. The lowest BCUT2D eigenvalue weighted by Gasteiger charge is -1.76. The van der Waals surface area contributed by atoms with Crippen LogP contribution < -0.4 is 11.5 Å². The van der Waals surface area contributed by atoms with Gasteiger partial charge in [-0.3, -0.25) is 5.73 Å². The zero-order valence-electron chi connectivity index (χ0n) is 3.83. The van der Waals surface area contributed by atoms with Gasteiger partial charge in [-0.15, -0.1) is 4.52 Å². The summed E-state index contributed by atoms with van der Waals surface area (Å²) in [6.45, 7) is -0.0214. The Morgan fingerprint density at radius 1 is 1.57 bits per heavy atom. The molecule has 0 aliphatic rings. The first-order valence-electron chi connectivity index (χ1n) is 1.79. The molecule has 0 aliphatic carbocycles. The molecule has 0 bridgehead atoms. The summed E-state index contributed by atoms with van der Waals surface area (Å²) in [4.78, 5) is 0. The minimum Gasteiger partial charge on any atom is -0.305 e. The molecule has 42 valence electrons. The molecule has 0 rings (SSSR count). The third kappa shape index (κ3) is 3.82. The molecule has 0 amide bonds. The highest BCUT2D eigenvalue weighted by Gasteiger charge is 2.09. The Hall–Kier alpha value is -0.0200. The van der Waals surface area contributed by atoms with Crippen LogP contribution in [0.25, 0.3) is 0 Å². The molecule has 1 unspecified atom stereocenters. The molecule has 1 atom stereocenters. The average molecular weight is 123 g/mol. The maximum absolute atomic E-state index is 10.1. The summed E-state index contributed by atoms with van der Waals surface area (Å²) >= 11 is 0. The Bertz CT molecular complexity index is 66.7. The number of hydrogen-bond acceptors (Lipinski definition) is 4. The maximum Gasteiger partial charge on any atom is 0.525 e. The third-order valence-corrected chi connectivity index (χ3v) is 1.10. The van der Waals surface area contributed by atoms with Crippen LogP contribution in [0.4, 0.5) is 0 Å². The number of hydrogen-bond donors (Lipinski definition) is 2. The van der Waals surface area contributed by atoms with Crippen molar-refractivity contribution in [3.63, 3.8) is 0 Å². The van der Waals surface area contributed by atoms with E-state index in [4.69, 9.17) is 11.5 Å². The molecule has 5 heteroatoms. The highest BCUT2D eigenvalue weighted by molar-refractivity contribution is 7.39. The minimum atomic E-state index is -1.68. The van der Waals surface area contributed by atoms with E-state index in [0.29, 0.717) is 0 Å². The van der Waals surface area contributed by atoms with E-state index < -0.39 is 8.03 Å². The zero-order valence-corrected chi connectivity index (χ0v) is 4.73. The van der Waals surface area contributed by atoms with Crippen LogP contribution in [0, 0.1) is 0 Å². The van der Waals surface area contributed by atoms with E-state index in [0.717, 1.165) is 0 Å². The van der Waals surface area contributed by atoms with E-state index >= 15 is 0 Å². The smallest absolute Gasteiger partial charge is 0.305 e. The summed E-state index contributed by atoms with van der Waals surface area (Å²) < 4.78 is 14.5. The van der Waals surface area contributed by atoms with Gasteiger partial charge in [-0.05, 0) is 4.57 Å². The second-order valence-corrected chi connectivity index (χ2v) is 2.10. The second-order valence-electron chi connectivity index (χ2n) is 0.811. The van der Waals surface area contributed by atoms with Gasteiger partial charge in [0.25, 0.3) is 0 Å². The van der Waals surface area contributed by atoms with E-state index in [-0.39, 0.29) is 13.0 Å². The fourth-order valence-electron chi connectivity index (χ4n) is 0.136. The van der Waals surface area contributed by atoms with E-state index in [1.807, 2.05) is 0 Å². The Labute approximate surface area is 42.7 Å². The van der Waals surface area contributed by atoms with E-state index in [1.165, 1.54) is 0 Å². The first-order valence-corrected chi connectivity index (χ1v) is 3.15. The van der Waals surface area contributed by atoms with Crippen LogP contribution in [-0.2, 0) is 9.09 Å². The van der Waals surface area contributed by atoms with Crippen LogP contribution in [0.2, 0.25) is 0 Å². The lowest BCUT2D eigenvalue weighted by Crippen LogP contribution is -2.02. The van der Waals surface area contributed by atoms with E-state index in [9.17, 15) is 4.57 Å². The highest BCUT2D eigenvalue weighted by Crippen LogP contribution is 2.15. The first-order chi connectivity index (χ1) is 3.31. The maximum atomic E-state index is 10.1. The summed E-state index contributed by atoms with van der Waals surface area (Å²) in [5.41, 5.74) is 9.74. The van der Waals surface area contributed by atoms with Crippen molar-refractivity contribution in [1.82, 2.24) is 0 Å². The van der Waals surface area contributed by atoms with Crippen molar-refractivity contribution in [3.8, 4) is 0 Å². The van der Waals surface area contributed by atoms with Crippen molar-refractivity contribution in [1.29, 1.82) is 0 Å². The molecule has 7 heavy (non-hydrogen) atoms. The van der Waals surface area contributed by atoms with Gasteiger partial charge in [0.15, 0.2) is 6.73 Å². The van der Waals surface area contributed by atoms with Gasteiger partial charge in [-0.1, -0.05) is 0 Å². The molecular weight excluding hydrogens is 115 g/mol. The van der Waals surface area contributed by atoms with Crippen molar-refractivity contribution in [2.24, 2.45) is 11.5 Å². The van der Waals surface area contributed by atoms with E-state index in [1.54, 1.807) is 0 Å². The molecule has 0 aromatic carbocycles. The monoisotopic (exact) mass is 123 g/mol. The van der Waals surface area contributed by atoms with Gasteiger partial charge in [-0.2, -0.15) is 0 Å². The van der Waals surface area contributed by atoms with Crippen LogP contribution in [0.1, 0.15) is 0 Å². The molecule has 4 N–H and O–H groups in total. The molecule has 0 saturated carbocycles. The van der Waals surface area contributed by atoms with Gasteiger partial charge >= 0.3 is 8.03 Å². The molecule has 0 saturated heterocycles. The van der Waals surface area contributed by atoms with Crippen molar-refractivity contribution in [3.05, 3.63) is 0 Å². The number of nitrogens with two attached hydrogens (primary N) is 2. The fourth-order valence-corrected chi connectivity index (χ4v) is 0.408. The van der Waals surface area contributed by atoms with Crippen molar-refractivity contribution in [2.45, 2.75) is 0 Å². The summed E-state index contributed by atoms with van der Waals surface area (Å²) in [6, 6.07) is 0. The average Bonchev–Trinajstić information content (AvgIpc) is 1.68. The number of rotatable bonds is 3. The van der Waals surface area contributed by atoms with Crippen LogP contribution in [0.5, 0.6) is 0 Å². The Kier molecular flexibility index (Phi) is 4.14. The lowest BCUT2D eigenvalue weighted by atomic mass is 11.4. The Morgan fingerprint density at radius 3 is 2.29 bits per heavy atom. The van der Waals surface area contributed by atoms with Crippen LogP contribution in [0.3, 0.4) is 0 Å². The highest BCUT2D eigenvalue weighted by atomic mass is 31.1. The molecule has 0 aromatic heterocycles. The second kappa shape index (κ2) is 4.15. The largest absolute Gasteiger partial charge is 0.525 e. The summed E-state index contributed by atoms with van der Waals surface area (Å²) in [5.74, 6) is 0. The van der Waals surface area contributed by atoms with Crippen LogP contribution in [-0.4, -0.2) is 13.0 Å². The molecule has 0 aliphatic heterocycles. The quantitative estimate of drug-likeness (QED) is 0.394.